The van der Waals surface area contributed by atoms with Crippen molar-refractivity contribution >= 4 is 17.5 Å². The van der Waals surface area contributed by atoms with Gasteiger partial charge in [0.25, 0.3) is 11.8 Å². The zero-order chi connectivity index (χ0) is 19.1. The standard InChI is InChI=1S/C19H19N5O3/c1-27-17-9-7-15(8-10-17)20-12-18(25)22-23-19(26)14-11-21-24(13-14)16-5-3-2-4-6-16/h2-11,13,20H,12H2,1H3,(H,22,25)(H,23,26). The lowest BCUT2D eigenvalue weighted by Crippen LogP contribution is -2.44. The molecule has 8 heteroatoms. The number of hydrogen-bond acceptors (Lipinski definition) is 5. The highest BCUT2D eigenvalue weighted by Gasteiger charge is 2.10. The van der Waals surface area contributed by atoms with Crippen molar-refractivity contribution in [2.24, 2.45) is 0 Å². The Kier molecular flexibility index (Phi) is 5.68. The molecule has 0 atom stereocenters. The van der Waals surface area contributed by atoms with E-state index in [2.05, 4.69) is 21.3 Å². The van der Waals surface area contributed by atoms with E-state index in [4.69, 9.17) is 4.74 Å². The third-order valence-corrected chi connectivity index (χ3v) is 3.72. The fourth-order valence-corrected chi connectivity index (χ4v) is 2.30. The molecule has 2 aromatic carbocycles. The molecule has 0 unspecified atom stereocenters. The van der Waals surface area contributed by atoms with Gasteiger partial charge in [-0.05, 0) is 36.4 Å². The topological polar surface area (TPSA) is 97.3 Å². The van der Waals surface area contributed by atoms with E-state index in [1.165, 1.54) is 6.20 Å². The lowest BCUT2D eigenvalue weighted by atomic mass is 10.3. The van der Waals surface area contributed by atoms with Crippen LogP contribution in [0.3, 0.4) is 0 Å². The summed E-state index contributed by atoms with van der Waals surface area (Å²) in [5.41, 5.74) is 6.66. The number of hydrogen-bond donors (Lipinski definition) is 3. The Bertz CT molecular complexity index is 907. The Hall–Kier alpha value is -3.81. The maximum absolute atomic E-state index is 12.1. The molecule has 1 aromatic heterocycles. The second-order valence-electron chi connectivity index (χ2n) is 5.59. The number of carbonyl (C=O) groups is 2. The molecule has 3 aromatic rings. The molecule has 0 spiro atoms. The van der Waals surface area contributed by atoms with Gasteiger partial charge in [0.2, 0.25) is 0 Å². The maximum Gasteiger partial charge on any atom is 0.272 e. The highest BCUT2D eigenvalue weighted by molar-refractivity contribution is 5.95. The van der Waals surface area contributed by atoms with Crippen LogP contribution >= 0.6 is 0 Å². The van der Waals surface area contributed by atoms with Crippen molar-refractivity contribution in [2.75, 3.05) is 19.0 Å². The molecule has 0 saturated carbocycles. The van der Waals surface area contributed by atoms with Gasteiger partial charge >= 0.3 is 0 Å². The second-order valence-corrected chi connectivity index (χ2v) is 5.59. The molecule has 0 aliphatic rings. The molecule has 0 bridgehead atoms. The fourth-order valence-electron chi connectivity index (χ4n) is 2.30. The lowest BCUT2D eigenvalue weighted by Gasteiger charge is -2.09. The monoisotopic (exact) mass is 365 g/mol. The average Bonchev–Trinajstić information content (AvgIpc) is 3.22. The molecule has 3 N–H and O–H groups in total. The van der Waals surface area contributed by atoms with Crippen molar-refractivity contribution in [3.8, 4) is 11.4 Å². The number of amides is 2. The Balaban J connectivity index is 1.47. The zero-order valence-corrected chi connectivity index (χ0v) is 14.7. The van der Waals surface area contributed by atoms with Crippen LogP contribution in [0.4, 0.5) is 5.69 Å². The van der Waals surface area contributed by atoms with E-state index in [1.807, 2.05) is 30.3 Å². The average molecular weight is 365 g/mol. The third-order valence-electron chi connectivity index (χ3n) is 3.72. The molecule has 0 aliphatic carbocycles. The van der Waals surface area contributed by atoms with E-state index in [0.29, 0.717) is 5.56 Å². The molecule has 27 heavy (non-hydrogen) atoms. The first kappa shape index (κ1) is 18.0. The Morgan fingerprint density at radius 2 is 1.78 bits per heavy atom. The van der Waals surface area contributed by atoms with Crippen molar-refractivity contribution < 1.29 is 14.3 Å². The highest BCUT2D eigenvalue weighted by Crippen LogP contribution is 2.14. The Labute approximate surface area is 156 Å². The van der Waals surface area contributed by atoms with Gasteiger partial charge in [-0.2, -0.15) is 5.10 Å². The van der Waals surface area contributed by atoms with Crippen LogP contribution in [0, 0.1) is 0 Å². The molecule has 2 amide bonds. The van der Waals surface area contributed by atoms with Crippen LogP contribution in [0.2, 0.25) is 0 Å². The van der Waals surface area contributed by atoms with Crippen molar-refractivity contribution in [3.63, 3.8) is 0 Å². The maximum atomic E-state index is 12.1. The van der Waals surface area contributed by atoms with Gasteiger partial charge < -0.3 is 10.1 Å². The quantitative estimate of drug-likeness (QED) is 0.578. The van der Waals surface area contributed by atoms with Crippen molar-refractivity contribution in [1.29, 1.82) is 0 Å². The van der Waals surface area contributed by atoms with Gasteiger partial charge in [0.1, 0.15) is 5.75 Å². The van der Waals surface area contributed by atoms with Gasteiger partial charge in [0.15, 0.2) is 0 Å². The van der Waals surface area contributed by atoms with Gasteiger partial charge in [-0.25, -0.2) is 4.68 Å². The summed E-state index contributed by atoms with van der Waals surface area (Å²) in [7, 11) is 1.59. The number of ether oxygens (including phenoxy) is 1. The molecule has 3 rings (SSSR count). The van der Waals surface area contributed by atoms with Crippen LogP contribution in [0.15, 0.2) is 67.0 Å². The lowest BCUT2D eigenvalue weighted by molar-refractivity contribution is -0.120. The molecule has 0 saturated heterocycles. The molecule has 8 nitrogen and oxygen atoms in total. The van der Waals surface area contributed by atoms with Gasteiger partial charge in [-0.1, -0.05) is 18.2 Å². The van der Waals surface area contributed by atoms with Crippen molar-refractivity contribution in [1.82, 2.24) is 20.6 Å². The third kappa shape index (κ3) is 4.85. The number of hydrazine groups is 1. The van der Waals surface area contributed by atoms with Crippen LogP contribution in [0.25, 0.3) is 5.69 Å². The summed E-state index contributed by atoms with van der Waals surface area (Å²) in [6, 6.07) is 16.6. The summed E-state index contributed by atoms with van der Waals surface area (Å²) in [6.07, 6.45) is 3.02. The molecule has 0 aliphatic heterocycles. The van der Waals surface area contributed by atoms with Gasteiger partial charge in [-0.15, -0.1) is 0 Å². The highest BCUT2D eigenvalue weighted by atomic mass is 16.5. The van der Waals surface area contributed by atoms with E-state index in [1.54, 1.807) is 42.3 Å². The van der Waals surface area contributed by atoms with Crippen LogP contribution < -0.4 is 20.9 Å². The number of anilines is 1. The first-order chi connectivity index (χ1) is 13.2. The summed E-state index contributed by atoms with van der Waals surface area (Å²) >= 11 is 0. The largest absolute Gasteiger partial charge is 0.497 e. The van der Waals surface area contributed by atoms with E-state index in [0.717, 1.165) is 17.1 Å². The zero-order valence-electron chi connectivity index (χ0n) is 14.7. The predicted molar refractivity (Wildman–Crippen MR) is 101 cm³/mol. The van der Waals surface area contributed by atoms with E-state index in [-0.39, 0.29) is 12.5 Å². The van der Waals surface area contributed by atoms with Gasteiger partial charge in [-0.3, -0.25) is 20.4 Å². The van der Waals surface area contributed by atoms with Crippen LogP contribution in [0.5, 0.6) is 5.75 Å². The Morgan fingerprint density at radius 1 is 1.04 bits per heavy atom. The minimum Gasteiger partial charge on any atom is -0.497 e. The number of benzene rings is 2. The number of carbonyl (C=O) groups excluding carboxylic acids is 2. The van der Waals surface area contributed by atoms with Crippen molar-refractivity contribution in [3.05, 3.63) is 72.6 Å². The minimum absolute atomic E-state index is 0.00981. The molecule has 0 radical (unpaired) electrons. The summed E-state index contributed by atoms with van der Waals surface area (Å²) < 4.78 is 6.66. The SMILES string of the molecule is COc1ccc(NCC(=O)NNC(=O)c2cnn(-c3ccccc3)c2)cc1. The minimum atomic E-state index is -0.449. The van der Waals surface area contributed by atoms with Gasteiger partial charge in [0.05, 0.1) is 31.1 Å². The van der Waals surface area contributed by atoms with Gasteiger partial charge in [0, 0.05) is 11.9 Å². The fraction of sp³-hybridized carbons (Fsp3) is 0.105. The van der Waals surface area contributed by atoms with Crippen LogP contribution in [0.1, 0.15) is 10.4 Å². The van der Waals surface area contributed by atoms with E-state index >= 15 is 0 Å². The normalized spacial score (nSPS) is 10.1. The van der Waals surface area contributed by atoms with E-state index < -0.39 is 5.91 Å². The smallest absolute Gasteiger partial charge is 0.272 e. The second kappa shape index (κ2) is 8.52. The molecule has 1 heterocycles. The van der Waals surface area contributed by atoms with Crippen LogP contribution in [-0.4, -0.2) is 35.2 Å². The molecular formula is C19H19N5O3. The molecule has 0 fully saturated rings. The number of aromatic nitrogens is 2. The van der Waals surface area contributed by atoms with Crippen LogP contribution in [-0.2, 0) is 4.79 Å². The molecular weight excluding hydrogens is 346 g/mol. The first-order valence-corrected chi connectivity index (χ1v) is 8.23. The predicted octanol–water partition coefficient (Wildman–Crippen LogP) is 1.75. The number of methoxy groups -OCH3 is 1. The number of para-hydroxylation sites is 1. The molecule has 138 valence electrons. The number of rotatable bonds is 6. The summed E-state index contributed by atoms with van der Waals surface area (Å²) in [6.45, 7) is 0.00981. The van der Waals surface area contributed by atoms with E-state index in [9.17, 15) is 9.59 Å². The summed E-state index contributed by atoms with van der Waals surface area (Å²) in [4.78, 5) is 24.0. The number of nitrogens with one attached hydrogen (secondary N) is 3. The first-order valence-electron chi connectivity index (χ1n) is 8.23. The summed E-state index contributed by atoms with van der Waals surface area (Å²) in [5, 5.41) is 7.09. The number of nitrogens with zero attached hydrogens (tertiary/aromatic N) is 2. The van der Waals surface area contributed by atoms with Crippen molar-refractivity contribution in [2.45, 2.75) is 0 Å². The Morgan fingerprint density at radius 3 is 2.48 bits per heavy atom. The summed E-state index contributed by atoms with van der Waals surface area (Å²) in [5.74, 6) is -0.0992.